The fourth-order valence-corrected chi connectivity index (χ4v) is 5.06. The Kier molecular flexibility index (Phi) is 6.93. The number of nitrogens with zero attached hydrogens (tertiary/aromatic N) is 2. The number of aromatic nitrogens is 1. The lowest BCUT2D eigenvalue weighted by molar-refractivity contribution is -0.123. The van der Waals surface area contributed by atoms with E-state index in [0.717, 1.165) is 48.3 Å². The van der Waals surface area contributed by atoms with E-state index in [1.165, 1.54) is 4.90 Å². The molecule has 1 fully saturated rings. The van der Waals surface area contributed by atoms with E-state index >= 15 is 0 Å². The number of rotatable bonds is 7. The largest absolute Gasteiger partial charge is 0.464 e. The third kappa shape index (κ3) is 4.93. The Morgan fingerprint density at radius 1 is 1.11 bits per heavy atom. The molecule has 1 aliphatic carbocycles. The van der Waals surface area contributed by atoms with E-state index in [1.807, 2.05) is 26.0 Å². The number of amides is 3. The number of benzene rings is 1. The van der Waals surface area contributed by atoms with Crippen LogP contribution in [-0.4, -0.2) is 28.1 Å². The van der Waals surface area contributed by atoms with E-state index in [9.17, 15) is 14.4 Å². The molecular formula is C25H29N5O4S. The standard InChI is InChI=1S/C25H29N5O4S/c1-13-8-10-17(12-14(13)2)30(25(33)22-19(26)20(23(27)31)29-35-22)21(18-11-9-15(3)34-18)24(32)28-16-6-4-5-7-16/h8-12,16,21H,4-7,26H2,1-3H3,(H2,27,31)(H,28,32)/t21-/m1/s1. The minimum Gasteiger partial charge on any atom is -0.464 e. The molecule has 0 bridgehead atoms. The molecule has 4 rings (SSSR count). The number of primary amides is 1. The Bertz CT molecular complexity index is 1270. The first kappa shape index (κ1) is 24.5. The summed E-state index contributed by atoms with van der Waals surface area (Å²) in [4.78, 5) is 40.8. The highest BCUT2D eigenvalue weighted by molar-refractivity contribution is 7.09. The Morgan fingerprint density at radius 2 is 1.83 bits per heavy atom. The van der Waals surface area contributed by atoms with Crippen molar-refractivity contribution in [2.45, 2.75) is 58.5 Å². The van der Waals surface area contributed by atoms with Crippen LogP contribution in [0.3, 0.4) is 0 Å². The molecule has 0 spiro atoms. The smallest absolute Gasteiger partial charge is 0.273 e. The number of nitrogen functional groups attached to an aromatic ring is 1. The van der Waals surface area contributed by atoms with Gasteiger partial charge in [-0.25, -0.2) is 0 Å². The summed E-state index contributed by atoms with van der Waals surface area (Å²) in [5.41, 5.74) is 13.7. The van der Waals surface area contributed by atoms with Gasteiger partial charge in [0, 0.05) is 11.7 Å². The summed E-state index contributed by atoms with van der Waals surface area (Å²) in [7, 11) is 0. The van der Waals surface area contributed by atoms with Crippen molar-refractivity contribution in [3.05, 3.63) is 63.6 Å². The van der Waals surface area contributed by atoms with Crippen molar-refractivity contribution in [1.29, 1.82) is 0 Å². The summed E-state index contributed by atoms with van der Waals surface area (Å²) in [5, 5.41) is 3.10. The van der Waals surface area contributed by atoms with Gasteiger partial charge in [-0.15, -0.1) is 0 Å². The Morgan fingerprint density at radius 3 is 2.40 bits per heavy atom. The van der Waals surface area contributed by atoms with Crippen LogP contribution in [0.1, 0.15) is 74.5 Å². The van der Waals surface area contributed by atoms with Gasteiger partial charge in [0.05, 0.1) is 5.69 Å². The molecule has 0 radical (unpaired) electrons. The minimum absolute atomic E-state index is 0.0268. The van der Waals surface area contributed by atoms with Crippen molar-refractivity contribution in [2.24, 2.45) is 5.73 Å². The van der Waals surface area contributed by atoms with Gasteiger partial charge in [0.2, 0.25) is 0 Å². The maximum atomic E-state index is 14.0. The average Bonchev–Trinajstić information content (AvgIpc) is 3.55. The molecule has 35 heavy (non-hydrogen) atoms. The summed E-state index contributed by atoms with van der Waals surface area (Å²) >= 11 is 0.776. The lowest BCUT2D eigenvalue weighted by atomic mass is 10.0. The number of nitrogens with one attached hydrogen (secondary N) is 1. The van der Waals surface area contributed by atoms with Gasteiger partial charge in [-0.1, -0.05) is 18.9 Å². The predicted octanol–water partition coefficient (Wildman–Crippen LogP) is 3.79. The summed E-state index contributed by atoms with van der Waals surface area (Å²) in [5.74, 6) is -0.817. The first-order chi connectivity index (χ1) is 16.7. The third-order valence-corrected chi connectivity index (χ3v) is 7.23. The molecule has 5 N–H and O–H groups in total. The highest BCUT2D eigenvalue weighted by Gasteiger charge is 2.38. The molecule has 0 aliphatic heterocycles. The molecule has 0 unspecified atom stereocenters. The first-order valence-corrected chi connectivity index (χ1v) is 12.3. The van der Waals surface area contributed by atoms with Crippen LogP contribution < -0.4 is 21.7 Å². The molecule has 1 aliphatic rings. The maximum absolute atomic E-state index is 14.0. The Balaban J connectivity index is 1.85. The van der Waals surface area contributed by atoms with Crippen LogP contribution in [0.5, 0.6) is 0 Å². The summed E-state index contributed by atoms with van der Waals surface area (Å²) in [6.45, 7) is 5.67. The second-order valence-electron chi connectivity index (χ2n) is 8.92. The number of nitrogens with two attached hydrogens (primary N) is 2. The second-order valence-corrected chi connectivity index (χ2v) is 9.70. The summed E-state index contributed by atoms with van der Waals surface area (Å²) in [6.07, 6.45) is 3.86. The van der Waals surface area contributed by atoms with Crippen LogP contribution in [0.4, 0.5) is 11.4 Å². The van der Waals surface area contributed by atoms with Crippen LogP contribution in [0.15, 0.2) is 34.7 Å². The summed E-state index contributed by atoms with van der Waals surface area (Å²) in [6, 6.07) is 7.88. The van der Waals surface area contributed by atoms with E-state index in [-0.39, 0.29) is 28.2 Å². The van der Waals surface area contributed by atoms with Gasteiger partial charge >= 0.3 is 0 Å². The molecule has 1 saturated carbocycles. The highest BCUT2D eigenvalue weighted by atomic mass is 32.1. The molecule has 9 nitrogen and oxygen atoms in total. The zero-order valence-electron chi connectivity index (χ0n) is 20.0. The number of hydrogen-bond donors (Lipinski definition) is 3. The number of aryl methyl sites for hydroxylation is 3. The molecule has 0 saturated heterocycles. The van der Waals surface area contributed by atoms with Crippen LogP contribution in [0, 0.1) is 20.8 Å². The second kappa shape index (κ2) is 9.91. The van der Waals surface area contributed by atoms with Crippen molar-refractivity contribution < 1.29 is 18.8 Å². The minimum atomic E-state index is -1.10. The molecule has 2 aromatic heterocycles. The summed E-state index contributed by atoms with van der Waals surface area (Å²) < 4.78 is 9.85. The monoisotopic (exact) mass is 495 g/mol. The Labute approximate surface area is 207 Å². The van der Waals surface area contributed by atoms with E-state index in [1.54, 1.807) is 25.1 Å². The molecule has 2 heterocycles. The van der Waals surface area contributed by atoms with Gasteiger partial charge in [0.25, 0.3) is 17.7 Å². The quantitative estimate of drug-likeness (QED) is 0.455. The van der Waals surface area contributed by atoms with Gasteiger partial charge in [0.1, 0.15) is 16.4 Å². The van der Waals surface area contributed by atoms with Crippen LogP contribution in [-0.2, 0) is 4.79 Å². The van der Waals surface area contributed by atoms with Crippen molar-refractivity contribution in [1.82, 2.24) is 9.69 Å². The van der Waals surface area contributed by atoms with Crippen molar-refractivity contribution >= 4 is 40.6 Å². The number of furan rings is 1. The van der Waals surface area contributed by atoms with Crippen LogP contribution in [0.25, 0.3) is 0 Å². The van der Waals surface area contributed by atoms with E-state index in [0.29, 0.717) is 17.2 Å². The van der Waals surface area contributed by atoms with Gasteiger partial charge in [-0.3, -0.25) is 19.3 Å². The third-order valence-electron chi connectivity index (χ3n) is 6.38. The molecule has 10 heteroatoms. The lowest BCUT2D eigenvalue weighted by Crippen LogP contribution is -2.46. The van der Waals surface area contributed by atoms with Crippen LogP contribution in [0.2, 0.25) is 0 Å². The predicted molar refractivity (Wildman–Crippen MR) is 134 cm³/mol. The fourth-order valence-electron chi connectivity index (χ4n) is 4.32. The topological polar surface area (TPSA) is 145 Å². The number of carbonyl (C=O) groups excluding carboxylic acids is 3. The van der Waals surface area contributed by atoms with Gasteiger partial charge in [-0.2, -0.15) is 4.37 Å². The molecule has 1 aromatic carbocycles. The van der Waals surface area contributed by atoms with E-state index < -0.39 is 17.9 Å². The number of hydrogen-bond acceptors (Lipinski definition) is 7. The zero-order chi connectivity index (χ0) is 25.3. The van der Waals surface area contributed by atoms with Crippen LogP contribution >= 0.6 is 11.5 Å². The molecular weight excluding hydrogens is 466 g/mol. The van der Waals surface area contributed by atoms with Crippen molar-refractivity contribution in [3.63, 3.8) is 0 Å². The highest BCUT2D eigenvalue weighted by Crippen LogP contribution is 2.35. The Hall–Kier alpha value is -3.66. The number of anilines is 2. The SMILES string of the molecule is Cc1ccc([C@H](C(=O)NC2CCCC2)N(C(=O)c2snc(C(N)=O)c2N)c2ccc(C)c(C)c2)o1. The fraction of sp³-hybridized carbons (Fsp3) is 0.360. The van der Waals surface area contributed by atoms with E-state index in [4.69, 9.17) is 15.9 Å². The van der Waals surface area contributed by atoms with Gasteiger partial charge < -0.3 is 21.2 Å². The lowest BCUT2D eigenvalue weighted by Gasteiger charge is -2.31. The van der Waals surface area contributed by atoms with Gasteiger partial charge in [-0.05, 0) is 80.5 Å². The molecule has 3 amide bonds. The zero-order valence-corrected chi connectivity index (χ0v) is 20.8. The maximum Gasteiger partial charge on any atom is 0.273 e. The first-order valence-electron chi connectivity index (χ1n) is 11.5. The van der Waals surface area contributed by atoms with Crippen molar-refractivity contribution in [2.75, 3.05) is 10.6 Å². The normalized spacial score (nSPS) is 14.6. The average molecular weight is 496 g/mol. The van der Waals surface area contributed by atoms with Crippen molar-refractivity contribution in [3.8, 4) is 0 Å². The van der Waals surface area contributed by atoms with Gasteiger partial charge in [0.15, 0.2) is 11.7 Å². The molecule has 1 atom stereocenters. The van der Waals surface area contributed by atoms with E-state index in [2.05, 4.69) is 9.69 Å². The molecule has 3 aromatic rings. The number of carbonyl (C=O) groups is 3. The molecule has 184 valence electrons.